The fourth-order valence-electron chi connectivity index (χ4n) is 5.61. The van der Waals surface area contributed by atoms with Crippen molar-refractivity contribution in [3.8, 4) is 5.75 Å². The van der Waals surface area contributed by atoms with Gasteiger partial charge in [0.15, 0.2) is 0 Å². The number of hydrogen-bond donors (Lipinski definition) is 0. The summed E-state index contributed by atoms with van der Waals surface area (Å²) in [6, 6.07) is 14.3. The summed E-state index contributed by atoms with van der Waals surface area (Å²) in [6.07, 6.45) is 6.60. The van der Waals surface area contributed by atoms with Crippen LogP contribution in [0.1, 0.15) is 29.9 Å². The third-order valence-corrected chi connectivity index (χ3v) is 6.72. The van der Waals surface area contributed by atoms with Crippen LogP contribution in [0.2, 0.25) is 0 Å². The first-order chi connectivity index (χ1) is 12.8. The first kappa shape index (κ1) is 16.3. The second kappa shape index (κ2) is 6.67. The minimum atomic E-state index is 0.565. The summed E-state index contributed by atoms with van der Waals surface area (Å²) < 4.78 is 5.50. The van der Waals surface area contributed by atoms with Crippen LogP contribution in [0.4, 0.5) is 0 Å². The quantitative estimate of drug-likeness (QED) is 0.848. The second-order valence-electron chi connectivity index (χ2n) is 8.03. The molecule has 4 heteroatoms. The van der Waals surface area contributed by atoms with Gasteiger partial charge in [-0.05, 0) is 61.2 Å². The van der Waals surface area contributed by atoms with Crippen LogP contribution >= 0.6 is 0 Å². The van der Waals surface area contributed by atoms with Crippen molar-refractivity contribution < 1.29 is 4.74 Å². The average Bonchev–Trinajstić information content (AvgIpc) is 3.11. The van der Waals surface area contributed by atoms with Crippen molar-refractivity contribution in [3.63, 3.8) is 0 Å². The van der Waals surface area contributed by atoms with Crippen LogP contribution in [0.3, 0.4) is 0 Å². The lowest BCUT2D eigenvalue weighted by Crippen LogP contribution is -2.59. The summed E-state index contributed by atoms with van der Waals surface area (Å²) in [7, 11) is 1.76. The molecule has 136 valence electrons. The van der Waals surface area contributed by atoms with E-state index in [1.807, 2.05) is 12.4 Å². The molecule has 0 N–H and O–H groups in total. The van der Waals surface area contributed by atoms with Gasteiger partial charge in [0.1, 0.15) is 5.75 Å². The van der Waals surface area contributed by atoms with Gasteiger partial charge in [-0.1, -0.05) is 18.2 Å². The molecule has 4 nitrogen and oxygen atoms in total. The van der Waals surface area contributed by atoms with E-state index in [-0.39, 0.29) is 0 Å². The molecule has 4 saturated heterocycles. The van der Waals surface area contributed by atoms with Crippen molar-refractivity contribution >= 4 is 0 Å². The Bertz CT molecular complexity index is 757. The number of methoxy groups -OCH3 is 1. The number of hydrogen-bond acceptors (Lipinski definition) is 4. The molecule has 1 aromatic carbocycles. The Labute approximate surface area is 155 Å². The van der Waals surface area contributed by atoms with Gasteiger partial charge in [0.2, 0.25) is 0 Å². The van der Waals surface area contributed by atoms with E-state index >= 15 is 0 Å². The average molecular weight is 349 g/mol. The fourth-order valence-corrected chi connectivity index (χ4v) is 5.61. The van der Waals surface area contributed by atoms with Gasteiger partial charge in [-0.15, -0.1) is 0 Å². The lowest BCUT2D eigenvalue weighted by Gasteiger charge is -2.51. The predicted molar refractivity (Wildman–Crippen MR) is 102 cm³/mol. The first-order valence-corrected chi connectivity index (χ1v) is 9.84. The molecule has 3 atom stereocenters. The van der Waals surface area contributed by atoms with Gasteiger partial charge in [0.25, 0.3) is 0 Å². The Hall–Kier alpha value is -1.91. The number of pyridine rings is 1. The summed E-state index contributed by atoms with van der Waals surface area (Å²) in [5, 5.41) is 0. The van der Waals surface area contributed by atoms with Crippen LogP contribution in [0.5, 0.6) is 5.75 Å². The topological polar surface area (TPSA) is 28.6 Å². The molecule has 2 bridgehead atoms. The molecule has 0 unspecified atom stereocenters. The van der Waals surface area contributed by atoms with Gasteiger partial charge in [-0.2, -0.15) is 0 Å². The summed E-state index contributed by atoms with van der Waals surface area (Å²) in [5.41, 5.74) is 2.76. The van der Waals surface area contributed by atoms with E-state index in [4.69, 9.17) is 4.74 Å². The predicted octanol–water partition coefficient (Wildman–Crippen LogP) is 3.15. The molecule has 4 aliphatic rings. The molecule has 0 saturated carbocycles. The smallest absolute Gasteiger partial charge is 0.119 e. The van der Waals surface area contributed by atoms with Gasteiger partial charge in [-0.3, -0.25) is 14.8 Å². The van der Waals surface area contributed by atoms with E-state index in [1.165, 1.54) is 37.1 Å². The van der Waals surface area contributed by atoms with Crippen molar-refractivity contribution in [2.45, 2.75) is 37.4 Å². The van der Waals surface area contributed by atoms with Crippen LogP contribution in [0.25, 0.3) is 0 Å². The number of rotatable bonds is 4. The highest BCUT2D eigenvalue weighted by atomic mass is 16.5. The number of fused-ring (bicyclic) bond motifs is 2. The molecule has 2 aromatic rings. The molecule has 0 spiro atoms. The Morgan fingerprint density at radius 3 is 2.77 bits per heavy atom. The van der Waals surface area contributed by atoms with Crippen LogP contribution in [0.15, 0.2) is 48.8 Å². The molecular formula is C22H27N3O. The van der Waals surface area contributed by atoms with Crippen molar-refractivity contribution in [1.82, 2.24) is 14.8 Å². The van der Waals surface area contributed by atoms with Crippen molar-refractivity contribution in [1.29, 1.82) is 0 Å². The van der Waals surface area contributed by atoms with Gasteiger partial charge < -0.3 is 4.74 Å². The Morgan fingerprint density at radius 2 is 2.00 bits per heavy atom. The SMILES string of the molecule is COc1cccc([C@H]2CN(Cc3cccnc3)[C@@H]3C4CCN(CC4)[C@H]23)c1. The number of piperidine rings is 3. The summed E-state index contributed by atoms with van der Waals surface area (Å²) in [4.78, 5) is 9.82. The molecule has 5 heterocycles. The number of nitrogens with zero attached hydrogens (tertiary/aromatic N) is 3. The van der Waals surface area contributed by atoms with Crippen LogP contribution in [0, 0.1) is 5.92 Å². The van der Waals surface area contributed by atoms with E-state index in [2.05, 4.69) is 51.2 Å². The maximum absolute atomic E-state index is 5.50. The van der Waals surface area contributed by atoms with Crippen LogP contribution < -0.4 is 4.74 Å². The molecule has 0 amide bonds. The lowest BCUT2D eigenvalue weighted by atomic mass is 9.75. The maximum Gasteiger partial charge on any atom is 0.119 e. The highest BCUT2D eigenvalue weighted by molar-refractivity contribution is 5.34. The Kier molecular flexibility index (Phi) is 4.18. The number of aromatic nitrogens is 1. The van der Waals surface area contributed by atoms with Crippen molar-refractivity contribution in [2.24, 2.45) is 5.92 Å². The molecule has 0 aliphatic carbocycles. The van der Waals surface area contributed by atoms with E-state index in [9.17, 15) is 0 Å². The normalized spacial score (nSPS) is 33.2. The zero-order chi connectivity index (χ0) is 17.5. The molecule has 4 fully saturated rings. The standard InChI is InChI=1S/C22H27N3O/c1-26-19-6-2-5-18(12-19)20-15-25(14-16-4-3-9-23-13-16)21-17-7-10-24(11-8-17)22(20)21/h2-6,9,12-13,17,20-22H,7-8,10-11,14-15H2,1H3/t20-,21-,22-/m1/s1. The molecule has 4 aliphatic heterocycles. The van der Waals surface area contributed by atoms with E-state index in [0.29, 0.717) is 18.0 Å². The summed E-state index contributed by atoms with van der Waals surface area (Å²) in [6.45, 7) is 4.68. The Morgan fingerprint density at radius 1 is 1.12 bits per heavy atom. The van der Waals surface area contributed by atoms with E-state index < -0.39 is 0 Å². The number of benzene rings is 1. The number of likely N-dealkylation sites (tertiary alicyclic amines) is 1. The van der Waals surface area contributed by atoms with Crippen molar-refractivity contribution in [3.05, 3.63) is 59.9 Å². The fraction of sp³-hybridized carbons (Fsp3) is 0.500. The van der Waals surface area contributed by atoms with Gasteiger partial charge >= 0.3 is 0 Å². The first-order valence-electron chi connectivity index (χ1n) is 9.84. The highest BCUT2D eigenvalue weighted by Crippen LogP contribution is 2.47. The maximum atomic E-state index is 5.50. The van der Waals surface area contributed by atoms with Gasteiger partial charge in [-0.25, -0.2) is 0 Å². The van der Waals surface area contributed by atoms with E-state index in [0.717, 1.165) is 24.8 Å². The molecule has 1 aromatic heterocycles. The molecular weight excluding hydrogens is 322 g/mol. The monoisotopic (exact) mass is 349 g/mol. The van der Waals surface area contributed by atoms with Gasteiger partial charge in [0.05, 0.1) is 7.11 Å². The second-order valence-corrected chi connectivity index (χ2v) is 8.03. The zero-order valence-electron chi connectivity index (χ0n) is 15.4. The third kappa shape index (κ3) is 2.72. The Balaban J connectivity index is 1.48. The highest BCUT2D eigenvalue weighted by Gasteiger charge is 2.53. The van der Waals surface area contributed by atoms with Crippen LogP contribution in [-0.4, -0.2) is 53.6 Å². The molecule has 0 radical (unpaired) electrons. The van der Waals surface area contributed by atoms with Gasteiger partial charge in [0, 0.05) is 43.5 Å². The molecule has 26 heavy (non-hydrogen) atoms. The minimum absolute atomic E-state index is 0.565. The molecule has 6 rings (SSSR count). The minimum Gasteiger partial charge on any atom is -0.497 e. The van der Waals surface area contributed by atoms with Crippen LogP contribution in [-0.2, 0) is 6.54 Å². The third-order valence-electron chi connectivity index (χ3n) is 6.72. The van der Waals surface area contributed by atoms with E-state index in [1.54, 1.807) is 7.11 Å². The lowest BCUT2D eigenvalue weighted by molar-refractivity contribution is -0.00872. The zero-order valence-corrected chi connectivity index (χ0v) is 15.4. The van der Waals surface area contributed by atoms with Crippen molar-refractivity contribution in [2.75, 3.05) is 26.7 Å². The number of ether oxygens (including phenoxy) is 1. The summed E-state index contributed by atoms with van der Waals surface area (Å²) in [5.74, 6) is 2.38. The largest absolute Gasteiger partial charge is 0.497 e. The summed E-state index contributed by atoms with van der Waals surface area (Å²) >= 11 is 0.